The van der Waals surface area contributed by atoms with Crippen molar-refractivity contribution in [2.75, 3.05) is 13.7 Å². The van der Waals surface area contributed by atoms with Crippen LogP contribution in [0.5, 0.6) is 0 Å². The van der Waals surface area contributed by atoms with E-state index in [1.807, 2.05) is 0 Å². The number of methoxy groups -OCH3 is 1. The van der Waals surface area contributed by atoms with Crippen LogP contribution in [0.1, 0.15) is 13.8 Å². The minimum absolute atomic E-state index is 0.621. The fourth-order valence-corrected chi connectivity index (χ4v) is 2.95. The molecule has 6 N–H and O–H groups in total. The lowest BCUT2D eigenvalue weighted by molar-refractivity contribution is -0.366. The van der Waals surface area contributed by atoms with Gasteiger partial charge in [-0.25, -0.2) is 0 Å². The zero-order valence-corrected chi connectivity index (χ0v) is 13.7. The first-order valence-electron chi connectivity index (χ1n) is 7.69. The summed E-state index contributed by atoms with van der Waals surface area (Å²) in [6.45, 7) is 2.16. The summed E-state index contributed by atoms with van der Waals surface area (Å²) < 4.78 is 21.1. The molecule has 2 heterocycles. The third kappa shape index (κ3) is 3.44. The Morgan fingerprint density at radius 1 is 1.00 bits per heavy atom. The van der Waals surface area contributed by atoms with Crippen molar-refractivity contribution in [1.29, 1.82) is 0 Å². The van der Waals surface area contributed by atoms with Crippen molar-refractivity contribution in [1.82, 2.24) is 0 Å². The van der Waals surface area contributed by atoms with E-state index < -0.39 is 67.5 Å². The fourth-order valence-electron chi connectivity index (χ4n) is 2.95. The molecule has 10 unspecified atom stereocenters. The fraction of sp³-hybridized carbons (Fsp3) is 1.00. The maximum absolute atomic E-state index is 10.2. The van der Waals surface area contributed by atoms with Gasteiger partial charge in [0, 0.05) is 7.11 Å². The second-order valence-electron chi connectivity index (χ2n) is 6.36. The van der Waals surface area contributed by atoms with Crippen molar-refractivity contribution in [2.45, 2.75) is 74.8 Å². The lowest BCUT2D eigenvalue weighted by Gasteiger charge is -2.48. The molecule has 0 aromatic carbocycles. The highest BCUT2D eigenvalue weighted by molar-refractivity contribution is 4.99. The van der Waals surface area contributed by atoms with Crippen LogP contribution in [0.4, 0.5) is 0 Å². The third-order valence-corrected chi connectivity index (χ3v) is 4.62. The Hall–Kier alpha value is -0.400. The van der Waals surface area contributed by atoms with Crippen molar-refractivity contribution < 1.29 is 49.6 Å². The monoisotopic (exact) mass is 354 g/mol. The molecule has 0 radical (unpaired) electrons. The van der Waals surface area contributed by atoms with Gasteiger partial charge in [-0.2, -0.15) is 0 Å². The predicted molar refractivity (Wildman–Crippen MR) is 76.6 cm³/mol. The van der Waals surface area contributed by atoms with Crippen molar-refractivity contribution >= 4 is 0 Å². The topological polar surface area (TPSA) is 158 Å². The molecule has 2 fully saturated rings. The van der Waals surface area contributed by atoms with Crippen LogP contribution in [-0.4, -0.2) is 105 Å². The molecule has 0 saturated carbocycles. The number of aliphatic hydroxyl groups is 6. The molecule has 0 aliphatic carbocycles. The van der Waals surface area contributed by atoms with E-state index in [1.165, 1.54) is 14.0 Å². The summed E-state index contributed by atoms with van der Waals surface area (Å²) in [6, 6.07) is 0. The van der Waals surface area contributed by atoms with Crippen molar-refractivity contribution in [2.24, 2.45) is 0 Å². The summed E-state index contributed by atoms with van der Waals surface area (Å²) >= 11 is 0. The molecule has 142 valence electrons. The maximum atomic E-state index is 10.2. The molecular weight excluding hydrogens is 328 g/mol. The van der Waals surface area contributed by atoms with Gasteiger partial charge in [-0.1, -0.05) is 0 Å². The lowest BCUT2D eigenvalue weighted by atomic mass is 9.86. The van der Waals surface area contributed by atoms with Gasteiger partial charge in [0.15, 0.2) is 12.6 Å². The SMILES string of the molecule is COC1OC(C)C(OC2OC(CO)C(C)(O)C(O)C2O)C(O)C1O. The molecule has 10 atom stereocenters. The van der Waals surface area contributed by atoms with E-state index in [4.69, 9.17) is 18.9 Å². The molecule has 2 saturated heterocycles. The van der Waals surface area contributed by atoms with E-state index in [1.54, 1.807) is 6.92 Å². The average molecular weight is 354 g/mol. The standard InChI is InChI=1S/C14H26O10/c1-5-10(7(16)8(17)12(21-3)22-5)24-13-9(18)11(19)14(2,20)6(4-15)23-13/h5-13,15-20H,4H2,1-3H3. The highest BCUT2D eigenvalue weighted by Crippen LogP contribution is 2.33. The van der Waals surface area contributed by atoms with Crippen LogP contribution in [0.2, 0.25) is 0 Å². The van der Waals surface area contributed by atoms with E-state index in [9.17, 15) is 30.6 Å². The molecule has 10 nitrogen and oxygen atoms in total. The molecule has 0 spiro atoms. The number of ether oxygens (including phenoxy) is 4. The van der Waals surface area contributed by atoms with Gasteiger partial charge in [-0.05, 0) is 13.8 Å². The summed E-state index contributed by atoms with van der Waals surface area (Å²) in [5.74, 6) is 0. The Morgan fingerprint density at radius 2 is 1.62 bits per heavy atom. The minimum atomic E-state index is -1.89. The molecule has 0 aromatic heterocycles. The summed E-state index contributed by atoms with van der Waals surface area (Å²) in [5, 5.41) is 59.7. The van der Waals surface area contributed by atoms with Gasteiger partial charge in [0.25, 0.3) is 0 Å². The van der Waals surface area contributed by atoms with E-state index >= 15 is 0 Å². The molecule has 2 rings (SSSR count). The average Bonchev–Trinajstić information content (AvgIpc) is 2.54. The predicted octanol–water partition coefficient (Wildman–Crippen LogP) is -3.33. The Balaban J connectivity index is 2.12. The van der Waals surface area contributed by atoms with E-state index in [2.05, 4.69) is 0 Å². The van der Waals surface area contributed by atoms with Crippen molar-refractivity contribution in [3.8, 4) is 0 Å². The van der Waals surface area contributed by atoms with Gasteiger partial charge in [0.1, 0.15) is 42.2 Å². The highest BCUT2D eigenvalue weighted by Gasteiger charge is 2.54. The smallest absolute Gasteiger partial charge is 0.187 e. The van der Waals surface area contributed by atoms with Gasteiger partial charge in [0.05, 0.1) is 12.7 Å². The van der Waals surface area contributed by atoms with E-state index in [-0.39, 0.29) is 0 Å². The maximum Gasteiger partial charge on any atom is 0.187 e. The van der Waals surface area contributed by atoms with Crippen LogP contribution in [-0.2, 0) is 18.9 Å². The van der Waals surface area contributed by atoms with Gasteiger partial charge >= 0.3 is 0 Å². The van der Waals surface area contributed by atoms with Gasteiger partial charge in [0.2, 0.25) is 0 Å². The number of rotatable bonds is 4. The van der Waals surface area contributed by atoms with E-state index in [0.29, 0.717) is 0 Å². The van der Waals surface area contributed by atoms with Crippen LogP contribution in [0, 0.1) is 0 Å². The molecule has 2 aliphatic rings. The Labute approximate surface area is 139 Å². The zero-order chi connectivity index (χ0) is 18.2. The van der Waals surface area contributed by atoms with Gasteiger partial charge in [-0.15, -0.1) is 0 Å². The summed E-state index contributed by atoms with van der Waals surface area (Å²) in [6.07, 6.45) is -11.6. The van der Waals surface area contributed by atoms with Crippen molar-refractivity contribution in [3.63, 3.8) is 0 Å². The van der Waals surface area contributed by atoms with Crippen LogP contribution in [0.15, 0.2) is 0 Å². The quantitative estimate of drug-likeness (QED) is 0.302. The van der Waals surface area contributed by atoms with E-state index in [0.717, 1.165) is 0 Å². The number of aliphatic hydroxyl groups excluding tert-OH is 5. The number of hydrogen-bond acceptors (Lipinski definition) is 10. The summed E-state index contributed by atoms with van der Waals surface area (Å²) in [5.41, 5.74) is -1.89. The molecule has 0 bridgehead atoms. The Bertz CT molecular complexity index is 414. The lowest BCUT2D eigenvalue weighted by Crippen LogP contribution is -2.67. The van der Waals surface area contributed by atoms with Crippen LogP contribution in [0.3, 0.4) is 0 Å². The molecule has 0 aromatic rings. The Kier molecular flexibility index (Phi) is 6.19. The van der Waals surface area contributed by atoms with Crippen LogP contribution in [0.25, 0.3) is 0 Å². The summed E-state index contributed by atoms with van der Waals surface area (Å²) in [7, 11) is 1.31. The summed E-state index contributed by atoms with van der Waals surface area (Å²) in [4.78, 5) is 0. The number of hydrogen-bond donors (Lipinski definition) is 6. The van der Waals surface area contributed by atoms with Crippen LogP contribution >= 0.6 is 0 Å². The first kappa shape index (κ1) is 19.9. The largest absolute Gasteiger partial charge is 0.394 e. The second-order valence-corrected chi connectivity index (χ2v) is 6.36. The van der Waals surface area contributed by atoms with Gasteiger partial charge < -0.3 is 49.6 Å². The third-order valence-electron chi connectivity index (χ3n) is 4.62. The Morgan fingerprint density at radius 3 is 2.17 bits per heavy atom. The molecular formula is C14H26O10. The molecule has 24 heavy (non-hydrogen) atoms. The molecule has 0 amide bonds. The molecule has 10 heteroatoms. The second kappa shape index (κ2) is 7.46. The van der Waals surface area contributed by atoms with Crippen molar-refractivity contribution in [3.05, 3.63) is 0 Å². The zero-order valence-electron chi connectivity index (χ0n) is 13.7. The first-order valence-corrected chi connectivity index (χ1v) is 7.69. The highest BCUT2D eigenvalue weighted by atomic mass is 16.7. The van der Waals surface area contributed by atoms with Gasteiger partial charge in [-0.3, -0.25) is 0 Å². The minimum Gasteiger partial charge on any atom is -0.394 e. The normalized spacial score (nSPS) is 53.1. The first-order chi connectivity index (χ1) is 11.1. The molecule has 2 aliphatic heterocycles. The van der Waals surface area contributed by atoms with Crippen LogP contribution < -0.4 is 0 Å².